The normalized spacial score (nSPS) is 12.2. The van der Waals surface area contributed by atoms with Gasteiger partial charge in [0.25, 0.3) is 0 Å². The van der Waals surface area contributed by atoms with Crippen molar-refractivity contribution in [2.75, 3.05) is 0 Å². The number of pyridine rings is 2. The highest BCUT2D eigenvalue weighted by atomic mass is 15.0. The molecule has 0 radical (unpaired) electrons. The molecule has 1 aliphatic carbocycles. The molecule has 27 aromatic rings. The molecular formula is C133H87N3. The van der Waals surface area contributed by atoms with Crippen LogP contribution in [0.3, 0.4) is 0 Å². The second-order valence-corrected chi connectivity index (χ2v) is 36.7. The number of rotatable bonds is 9. The van der Waals surface area contributed by atoms with Crippen molar-refractivity contribution >= 4 is 151 Å². The molecule has 3 nitrogen and oxygen atoms in total. The molecule has 136 heavy (non-hydrogen) atoms. The van der Waals surface area contributed by atoms with Gasteiger partial charge in [0.15, 0.2) is 0 Å². The number of aromatic nitrogens is 3. The fraction of sp³-hybridized carbons (Fsp3) is 0.0226. The molecule has 0 aliphatic heterocycles. The number of para-hydroxylation sites is 3. The zero-order valence-corrected chi connectivity index (χ0v) is 75.1. The Kier molecular flexibility index (Phi) is 19.0. The summed E-state index contributed by atoms with van der Waals surface area (Å²) in [5.41, 5.74) is 29.8. The molecule has 3 aromatic heterocycles. The second kappa shape index (κ2) is 32.5. The number of nitrogens with zero attached hydrogens (tertiary/aromatic N) is 3. The van der Waals surface area contributed by atoms with Gasteiger partial charge in [-0.2, -0.15) is 0 Å². The van der Waals surface area contributed by atoms with Crippen LogP contribution in [0.5, 0.6) is 0 Å². The molecule has 0 spiro atoms. The predicted molar refractivity (Wildman–Crippen MR) is 580 cm³/mol. The van der Waals surface area contributed by atoms with Crippen molar-refractivity contribution in [1.29, 1.82) is 0 Å². The second-order valence-electron chi connectivity index (χ2n) is 36.7. The van der Waals surface area contributed by atoms with Crippen molar-refractivity contribution in [1.82, 2.24) is 14.5 Å². The standard InChI is InChI=1S/C47H33N.2C43H27N/c1-47(2)41-20-10-7-13-33(41)40-29-31(25-28-42(40)47)46-38-18-5-3-16-36(38)45(37-17-4-6-19-39(37)46)30-23-26-32(27-24-30)48-43-21-11-8-14-34(43)35-15-9-12-22-44(35)48;1-2-12-29-25-31(22-21-28(29)11-1)42-36-16-6-8-18-38(36)43(39-19-9-7-17-37(39)42)40-24-23-33(34-14-4-5-15-35(34)40)32-26-30-13-3-10-20-41(30)44-27-32;1-2-12-28(13-3-1)42-35-16-6-8-18-37(35)43(38-19-9-7-17-36(38)42)30-22-24-34-33-23-21-29(41-20-10-11-25-44-41)26-39(33)31-14-4-5-15-32(31)40(34)27-30/h3-29H,1-2H3;2*1-27H. The summed E-state index contributed by atoms with van der Waals surface area (Å²) in [5, 5.41) is 31.6. The van der Waals surface area contributed by atoms with E-state index in [9.17, 15) is 0 Å². The molecule has 3 heterocycles. The van der Waals surface area contributed by atoms with E-state index < -0.39 is 0 Å². The van der Waals surface area contributed by atoms with Crippen LogP contribution in [0.1, 0.15) is 25.0 Å². The van der Waals surface area contributed by atoms with E-state index in [0.717, 1.165) is 27.7 Å². The molecule has 0 saturated heterocycles. The Labute approximate surface area is 788 Å². The third kappa shape index (κ3) is 13.0. The molecule has 634 valence electrons. The van der Waals surface area contributed by atoms with Crippen LogP contribution >= 0.6 is 0 Å². The maximum absolute atomic E-state index is 4.78. The Morgan fingerprint density at radius 2 is 0.544 bits per heavy atom. The summed E-state index contributed by atoms with van der Waals surface area (Å²) < 4.78 is 2.39. The lowest BCUT2D eigenvalue weighted by Crippen LogP contribution is -2.14. The van der Waals surface area contributed by atoms with Gasteiger partial charge in [-0.3, -0.25) is 9.97 Å². The Morgan fingerprint density at radius 1 is 0.184 bits per heavy atom. The Balaban J connectivity index is 0.000000106. The van der Waals surface area contributed by atoms with Crippen LogP contribution in [0.15, 0.2) is 492 Å². The van der Waals surface area contributed by atoms with E-state index in [1.807, 2.05) is 30.6 Å². The van der Waals surface area contributed by atoms with E-state index in [-0.39, 0.29) is 5.41 Å². The summed E-state index contributed by atoms with van der Waals surface area (Å²) >= 11 is 0. The number of hydrogen-bond acceptors (Lipinski definition) is 2. The fourth-order valence-corrected chi connectivity index (χ4v) is 22.8. The summed E-state index contributed by atoms with van der Waals surface area (Å²) in [7, 11) is 0. The van der Waals surface area contributed by atoms with Gasteiger partial charge >= 0.3 is 0 Å². The number of benzene rings is 24. The van der Waals surface area contributed by atoms with Crippen LogP contribution in [0, 0.1) is 0 Å². The van der Waals surface area contributed by atoms with E-state index in [1.165, 1.54) is 241 Å². The summed E-state index contributed by atoms with van der Waals surface area (Å²) in [6, 6.07) is 175. The Bertz CT molecular complexity index is 9330. The third-order valence-corrected chi connectivity index (χ3v) is 28.9. The van der Waals surface area contributed by atoms with Crippen LogP contribution in [0.25, 0.3) is 257 Å². The molecule has 0 N–H and O–H groups in total. The van der Waals surface area contributed by atoms with Gasteiger partial charge in [-0.25, -0.2) is 0 Å². The smallest absolute Gasteiger partial charge is 0.0702 e. The Morgan fingerprint density at radius 3 is 1.09 bits per heavy atom. The first-order valence-corrected chi connectivity index (χ1v) is 47.1. The van der Waals surface area contributed by atoms with E-state index in [2.05, 4.69) is 484 Å². The van der Waals surface area contributed by atoms with Crippen molar-refractivity contribution in [3.05, 3.63) is 503 Å². The highest BCUT2D eigenvalue weighted by molar-refractivity contribution is 6.30. The van der Waals surface area contributed by atoms with Crippen molar-refractivity contribution < 1.29 is 0 Å². The minimum absolute atomic E-state index is 0.0101. The summed E-state index contributed by atoms with van der Waals surface area (Å²) in [6.45, 7) is 4.70. The van der Waals surface area contributed by atoms with Crippen molar-refractivity contribution in [2.45, 2.75) is 19.3 Å². The van der Waals surface area contributed by atoms with E-state index in [4.69, 9.17) is 4.98 Å². The molecule has 28 rings (SSSR count). The van der Waals surface area contributed by atoms with Crippen molar-refractivity contribution in [2.24, 2.45) is 0 Å². The van der Waals surface area contributed by atoms with E-state index in [0.29, 0.717) is 0 Å². The molecule has 0 atom stereocenters. The van der Waals surface area contributed by atoms with Crippen LogP contribution in [-0.2, 0) is 5.41 Å². The summed E-state index contributed by atoms with van der Waals surface area (Å²) in [6.07, 6.45) is 3.87. The van der Waals surface area contributed by atoms with E-state index >= 15 is 0 Å². The number of hydrogen-bond donors (Lipinski definition) is 0. The lowest BCUT2D eigenvalue weighted by molar-refractivity contribution is 0.660. The fourth-order valence-electron chi connectivity index (χ4n) is 22.8. The molecule has 0 amide bonds. The summed E-state index contributed by atoms with van der Waals surface area (Å²) in [4.78, 5) is 9.40. The molecule has 0 unspecified atom stereocenters. The van der Waals surface area contributed by atoms with Gasteiger partial charge in [0.1, 0.15) is 0 Å². The molecule has 0 saturated carbocycles. The maximum Gasteiger partial charge on any atom is 0.0702 e. The SMILES string of the molecule is CC1(C)c2ccccc2-c2cc(-c3c4ccccc4c(-c4ccc(-n5c6ccccc6c6ccccc65)cc4)c4ccccc34)ccc21.c1ccc(-c2c3ccccc3c(-c3ccc4c5ccc(-c6ccccn6)cc5c5ccccc5c4c3)c3ccccc23)cc1.c1ccc2cc(-c3c4ccccc4c(-c4ccc(-c5cnc6ccccc6c5)c5ccccc45)c4ccccc34)ccc2c1. The summed E-state index contributed by atoms with van der Waals surface area (Å²) in [5.74, 6) is 0. The minimum Gasteiger partial charge on any atom is -0.309 e. The van der Waals surface area contributed by atoms with Gasteiger partial charge in [-0.05, 0) is 286 Å². The average Bonchev–Trinajstić information content (AvgIpc) is 1.37. The van der Waals surface area contributed by atoms with Crippen molar-refractivity contribution in [3.8, 4) is 106 Å². The van der Waals surface area contributed by atoms with Crippen LogP contribution in [0.4, 0.5) is 0 Å². The highest BCUT2D eigenvalue weighted by Crippen LogP contribution is 2.54. The average molecular weight is 1730 g/mol. The lowest BCUT2D eigenvalue weighted by Gasteiger charge is -2.22. The largest absolute Gasteiger partial charge is 0.309 e. The molecule has 3 heteroatoms. The van der Waals surface area contributed by atoms with Gasteiger partial charge in [-0.1, -0.05) is 420 Å². The lowest BCUT2D eigenvalue weighted by atomic mass is 9.81. The highest BCUT2D eigenvalue weighted by Gasteiger charge is 2.36. The van der Waals surface area contributed by atoms with Gasteiger partial charge in [-0.15, -0.1) is 0 Å². The zero-order chi connectivity index (χ0) is 90.1. The molecule has 1 aliphatic rings. The van der Waals surface area contributed by atoms with E-state index in [1.54, 1.807) is 0 Å². The monoisotopic (exact) mass is 1730 g/mol. The topological polar surface area (TPSA) is 30.7 Å². The quantitative estimate of drug-likeness (QED) is 0.107. The first-order chi connectivity index (χ1) is 67.3. The first-order valence-electron chi connectivity index (χ1n) is 47.1. The zero-order valence-electron chi connectivity index (χ0n) is 75.1. The molecule has 24 aromatic carbocycles. The Hall–Kier alpha value is -17.5. The molecule has 0 bridgehead atoms. The van der Waals surface area contributed by atoms with Crippen molar-refractivity contribution in [3.63, 3.8) is 0 Å². The van der Waals surface area contributed by atoms with Crippen LogP contribution in [-0.4, -0.2) is 14.5 Å². The predicted octanol–water partition coefficient (Wildman–Crippen LogP) is 36.4. The molecular weight excluding hydrogens is 1640 g/mol. The maximum atomic E-state index is 4.78. The minimum atomic E-state index is -0.0101. The van der Waals surface area contributed by atoms with Gasteiger partial charge in [0.2, 0.25) is 0 Å². The van der Waals surface area contributed by atoms with Gasteiger partial charge in [0.05, 0.1) is 22.2 Å². The van der Waals surface area contributed by atoms with Gasteiger partial charge in [0, 0.05) is 50.8 Å². The van der Waals surface area contributed by atoms with Crippen LogP contribution < -0.4 is 0 Å². The third-order valence-electron chi connectivity index (χ3n) is 28.9. The van der Waals surface area contributed by atoms with Crippen LogP contribution in [0.2, 0.25) is 0 Å². The van der Waals surface area contributed by atoms with Gasteiger partial charge < -0.3 is 4.57 Å². The number of fused-ring (bicyclic) bond motifs is 21. The molecule has 0 fully saturated rings. The first kappa shape index (κ1) is 79.4.